The standard InChI is InChI=1S/C14H15NO5/c1-14(2)19-12(17)11-6-8-3-4-10(16)5-9(8)7-15(11)13(18)20-14/h3-5,11,16H,6-7H2,1-2H3. The molecule has 1 aromatic rings. The molecule has 0 aliphatic carbocycles. The zero-order valence-electron chi connectivity index (χ0n) is 11.3. The Morgan fingerprint density at radius 1 is 1.25 bits per heavy atom. The number of benzene rings is 1. The summed E-state index contributed by atoms with van der Waals surface area (Å²) in [5.41, 5.74) is 1.74. The lowest BCUT2D eigenvalue weighted by Crippen LogP contribution is -2.47. The fourth-order valence-electron chi connectivity index (χ4n) is 2.57. The van der Waals surface area contributed by atoms with Crippen LogP contribution in [-0.2, 0) is 27.2 Å². The van der Waals surface area contributed by atoms with E-state index in [2.05, 4.69) is 0 Å². The second-order valence-electron chi connectivity index (χ2n) is 5.49. The molecule has 2 aliphatic rings. The van der Waals surface area contributed by atoms with Crippen molar-refractivity contribution in [3.05, 3.63) is 29.3 Å². The number of ether oxygens (including phenoxy) is 2. The number of hydrogen-bond acceptors (Lipinski definition) is 5. The van der Waals surface area contributed by atoms with Gasteiger partial charge in [-0.25, -0.2) is 9.59 Å². The zero-order chi connectivity index (χ0) is 14.5. The lowest BCUT2D eigenvalue weighted by atomic mass is 9.94. The van der Waals surface area contributed by atoms with E-state index in [1.807, 2.05) is 0 Å². The Hall–Kier alpha value is -2.24. The molecule has 1 amide bonds. The van der Waals surface area contributed by atoms with Crippen LogP contribution in [0.4, 0.5) is 4.79 Å². The smallest absolute Gasteiger partial charge is 0.414 e. The molecule has 2 aliphatic heterocycles. The van der Waals surface area contributed by atoms with Crippen LogP contribution in [-0.4, -0.2) is 33.9 Å². The Bertz CT molecular complexity index is 595. The van der Waals surface area contributed by atoms with Crippen molar-refractivity contribution in [3.8, 4) is 5.75 Å². The van der Waals surface area contributed by atoms with Crippen LogP contribution in [0.5, 0.6) is 5.75 Å². The van der Waals surface area contributed by atoms with Crippen LogP contribution in [0.25, 0.3) is 0 Å². The first-order valence-electron chi connectivity index (χ1n) is 6.39. The fraction of sp³-hybridized carbons (Fsp3) is 0.429. The van der Waals surface area contributed by atoms with Gasteiger partial charge in [-0.15, -0.1) is 0 Å². The van der Waals surface area contributed by atoms with Crippen molar-refractivity contribution in [2.75, 3.05) is 0 Å². The van der Waals surface area contributed by atoms with Gasteiger partial charge in [-0.1, -0.05) is 6.07 Å². The van der Waals surface area contributed by atoms with E-state index >= 15 is 0 Å². The van der Waals surface area contributed by atoms with Gasteiger partial charge in [0.1, 0.15) is 11.8 Å². The summed E-state index contributed by atoms with van der Waals surface area (Å²) in [6, 6.07) is 4.25. The van der Waals surface area contributed by atoms with Gasteiger partial charge in [-0.05, 0) is 23.3 Å². The number of amides is 1. The van der Waals surface area contributed by atoms with Gasteiger partial charge in [0.15, 0.2) is 0 Å². The number of aromatic hydroxyl groups is 1. The van der Waals surface area contributed by atoms with Crippen molar-refractivity contribution in [3.63, 3.8) is 0 Å². The lowest BCUT2D eigenvalue weighted by molar-refractivity contribution is -0.189. The largest absolute Gasteiger partial charge is 0.508 e. The molecule has 1 fully saturated rings. The first kappa shape index (κ1) is 12.8. The number of phenolic OH excluding ortho intramolecular Hbond substituents is 1. The molecule has 0 saturated carbocycles. The summed E-state index contributed by atoms with van der Waals surface area (Å²) in [6.45, 7) is 3.28. The summed E-state index contributed by atoms with van der Waals surface area (Å²) >= 11 is 0. The summed E-state index contributed by atoms with van der Waals surface area (Å²) in [5.74, 6) is -1.60. The van der Waals surface area contributed by atoms with Gasteiger partial charge < -0.3 is 14.6 Å². The Labute approximate surface area is 115 Å². The van der Waals surface area contributed by atoms with Crippen LogP contribution in [0, 0.1) is 0 Å². The number of hydrogen-bond donors (Lipinski definition) is 1. The third-order valence-electron chi connectivity index (χ3n) is 3.51. The molecule has 0 bridgehead atoms. The van der Waals surface area contributed by atoms with E-state index in [9.17, 15) is 14.7 Å². The minimum absolute atomic E-state index is 0.133. The van der Waals surface area contributed by atoms with Crippen LogP contribution < -0.4 is 0 Å². The maximum atomic E-state index is 12.1. The van der Waals surface area contributed by atoms with E-state index in [0.29, 0.717) is 6.42 Å². The Morgan fingerprint density at radius 3 is 2.75 bits per heavy atom. The van der Waals surface area contributed by atoms with Gasteiger partial charge in [0, 0.05) is 20.3 Å². The molecule has 0 radical (unpaired) electrons. The summed E-state index contributed by atoms with van der Waals surface area (Å²) < 4.78 is 10.4. The summed E-state index contributed by atoms with van der Waals surface area (Å²) in [6.07, 6.45) is -0.223. The molecule has 6 heteroatoms. The average molecular weight is 277 g/mol. The third-order valence-corrected chi connectivity index (χ3v) is 3.51. The highest BCUT2D eigenvalue weighted by molar-refractivity contribution is 5.84. The average Bonchev–Trinajstić information content (AvgIpc) is 2.42. The Morgan fingerprint density at radius 2 is 2.00 bits per heavy atom. The molecule has 0 spiro atoms. The number of carbonyl (C=O) groups excluding carboxylic acids is 2. The van der Waals surface area contributed by atoms with E-state index in [1.54, 1.807) is 18.2 Å². The summed E-state index contributed by atoms with van der Waals surface area (Å²) in [4.78, 5) is 25.6. The maximum Gasteiger partial charge on any atom is 0.414 e. The Kier molecular flexibility index (Phi) is 2.64. The molecule has 1 atom stereocenters. The van der Waals surface area contributed by atoms with Crippen molar-refractivity contribution in [2.24, 2.45) is 0 Å². The minimum atomic E-state index is -1.26. The van der Waals surface area contributed by atoms with E-state index in [0.717, 1.165) is 11.1 Å². The molecule has 1 aromatic carbocycles. The molecule has 2 heterocycles. The first-order chi connectivity index (χ1) is 9.35. The summed E-state index contributed by atoms with van der Waals surface area (Å²) in [7, 11) is 0. The maximum absolute atomic E-state index is 12.1. The van der Waals surface area contributed by atoms with Gasteiger partial charge in [0.05, 0.1) is 6.54 Å². The van der Waals surface area contributed by atoms with Gasteiger partial charge in [0.2, 0.25) is 0 Å². The highest BCUT2D eigenvalue weighted by Gasteiger charge is 2.44. The topological polar surface area (TPSA) is 76.1 Å². The first-order valence-corrected chi connectivity index (χ1v) is 6.39. The number of carbonyl (C=O) groups is 2. The molecule has 6 nitrogen and oxygen atoms in total. The van der Waals surface area contributed by atoms with Crippen LogP contribution in [0.15, 0.2) is 18.2 Å². The number of phenols is 1. The molecular weight excluding hydrogens is 262 g/mol. The molecule has 20 heavy (non-hydrogen) atoms. The highest BCUT2D eigenvalue weighted by Crippen LogP contribution is 2.31. The number of rotatable bonds is 0. The summed E-state index contributed by atoms with van der Waals surface area (Å²) in [5, 5.41) is 9.51. The van der Waals surface area contributed by atoms with Crippen LogP contribution in [0.2, 0.25) is 0 Å². The second-order valence-corrected chi connectivity index (χ2v) is 5.49. The van der Waals surface area contributed by atoms with Crippen LogP contribution in [0.1, 0.15) is 25.0 Å². The van der Waals surface area contributed by atoms with Crippen molar-refractivity contribution < 1.29 is 24.2 Å². The predicted molar refractivity (Wildman–Crippen MR) is 67.8 cm³/mol. The van der Waals surface area contributed by atoms with Gasteiger partial charge in [-0.3, -0.25) is 4.90 Å². The van der Waals surface area contributed by atoms with E-state index in [1.165, 1.54) is 18.7 Å². The molecule has 3 rings (SSSR count). The third kappa shape index (κ3) is 2.07. The SMILES string of the molecule is CC1(C)OC(=O)C2Cc3ccc(O)cc3CN2C(=O)O1. The van der Waals surface area contributed by atoms with E-state index < -0.39 is 23.9 Å². The monoisotopic (exact) mass is 277 g/mol. The van der Waals surface area contributed by atoms with Gasteiger partial charge in [-0.2, -0.15) is 0 Å². The molecular formula is C14H15NO5. The Balaban J connectivity index is 1.99. The predicted octanol–water partition coefficient (Wildman–Crippen LogP) is 1.55. The normalized spacial score (nSPS) is 24.1. The number of esters is 1. The molecule has 106 valence electrons. The van der Waals surface area contributed by atoms with Crippen molar-refractivity contribution in [1.82, 2.24) is 4.90 Å². The van der Waals surface area contributed by atoms with Crippen LogP contribution in [0.3, 0.4) is 0 Å². The van der Waals surface area contributed by atoms with Crippen molar-refractivity contribution >= 4 is 12.1 Å². The second kappa shape index (κ2) is 4.13. The lowest BCUT2D eigenvalue weighted by Gasteiger charge is -2.32. The highest BCUT2D eigenvalue weighted by atomic mass is 16.7. The molecule has 1 unspecified atom stereocenters. The quantitative estimate of drug-likeness (QED) is 0.728. The number of fused-ring (bicyclic) bond motifs is 2. The molecule has 0 aromatic heterocycles. The fourth-order valence-corrected chi connectivity index (χ4v) is 2.57. The molecule has 1 saturated heterocycles. The number of nitrogens with zero attached hydrogens (tertiary/aromatic N) is 1. The number of cyclic esters (lactones) is 2. The van der Waals surface area contributed by atoms with Crippen LogP contribution >= 0.6 is 0 Å². The van der Waals surface area contributed by atoms with Crippen molar-refractivity contribution in [1.29, 1.82) is 0 Å². The van der Waals surface area contributed by atoms with Crippen molar-refractivity contribution in [2.45, 2.75) is 38.6 Å². The van der Waals surface area contributed by atoms with E-state index in [-0.39, 0.29) is 12.3 Å². The van der Waals surface area contributed by atoms with Gasteiger partial charge >= 0.3 is 12.1 Å². The zero-order valence-corrected chi connectivity index (χ0v) is 11.3. The van der Waals surface area contributed by atoms with E-state index in [4.69, 9.17) is 9.47 Å². The van der Waals surface area contributed by atoms with Gasteiger partial charge in [0.25, 0.3) is 5.79 Å². The molecule has 1 N–H and O–H groups in total. The minimum Gasteiger partial charge on any atom is -0.508 e.